The van der Waals surface area contributed by atoms with E-state index in [2.05, 4.69) is 5.32 Å². The smallest absolute Gasteiger partial charge is 0.414 e. The van der Waals surface area contributed by atoms with Crippen LogP contribution in [0.3, 0.4) is 0 Å². The van der Waals surface area contributed by atoms with Gasteiger partial charge in [-0.05, 0) is 39.0 Å². The second-order valence-electron chi connectivity index (χ2n) is 8.89. The van der Waals surface area contributed by atoms with Crippen LogP contribution >= 0.6 is 0 Å². The van der Waals surface area contributed by atoms with Gasteiger partial charge in [0.15, 0.2) is 0 Å². The number of nitrogens with zero attached hydrogens (tertiary/aromatic N) is 2. The van der Waals surface area contributed by atoms with Crippen molar-refractivity contribution >= 4 is 23.6 Å². The number of halogens is 1. The molecule has 29 heavy (non-hydrogen) atoms. The molecular weight excluding hydrogens is 379 g/mol. The number of hydrogen-bond donors (Lipinski definition) is 2. The number of piperidine rings is 1. The third-order valence-electron chi connectivity index (χ3n) is 5.60. The van der Waals surface area contributed by atoms with Crippen LogP contribution in [0.4, 0.5) is 25.4 Å². The molecule has 3 aliphatic rings. The summed E-state index contributed by atoms with van der Waals surface area (Å²) >= 11 is 0. The van der Waals surface area contributed by atoms with Crippen LogP contribution in [0, 0.1) is 17.7 Å². The molecule has 4 rings (SSSR count). The SMILES string of the molecule is CC(C)(C)OC(=O)NC1C2CN(c3ccc(N4CC(CN)OC4=O)cc3F)CC21. The largest absolute Gasteiger partial charge is 0.444 e. The molecule has 158 valence electrons. The standard InChI is InChI=1S/C20H27FN4O4/c1-20(2,3)29-18(26)23-17-13-9-24(10-14(13)17)16-5-4-11(6-15(16)21)25-8-12(7-22)28-19(25)27/h4-6,12-14,17H,7-10,22H2,1-3H3,(H,23,26). The van der Waals surface area contributed by atoms with E-state index in [4.69, 9.17) is 15.2 Å². The summed E-state index contributed by atoms with van der Waals surface area (Å²) in [5.41, 5.74) is 5.97. The lowest BCUT2D eigenvalue weighted by Crippen LogP contribution is -2.38. The zero-order valence-corrected chi connectivity index (χ0v) is 16.9. The van der Waals surface area contributed by atoms with Crippen LogP contribution in [0.2, 0.25) is 0 Å². The number of carbonyl (C=O) groups is 2. The van der Waals surface area contributed by atoms with Crippen molar-refractivity contribution in [1.82, 2.24) is 5.32 Å². The molecule has 3 unspecified atom stereocenters. The van der Waals surface area contributed by atoms with E-state index in [1.807, 2.05) is 25.7 Å². The maximum atomic E-state index is 14.8. The second-order valence-corrected chi connectivity index (χ2v) is 8.89. The number of ether oxygens (including phenoxy) is 2. The molecule has 1 aromatic carbocycles. The van der Waals surface area contributed by atoms with E-state index < -0.39 is 17.8 Å². The Hall–Kier alpha value is -2.55. The van der Waals surface area contributed by atoms with Gasteiger partial charge in [-0.25, -0.2) is 14.0 Å². The van der Waals surface area contributed by atoms with Crippen molar-refractivity contribution in [3.8, 4) is 0 Å². The van der Waals surface area contributed by atoms with E-state index >= 15 is 0 Å². The number of rotatable bonds is 4. The van der Waals surface area contributed by atoms with Crippen LogP contribution in [-0.4, -0.2) is 56.1 Å². The van der Waals surface area contributed by atoms with Crippen molar-refractivity contribution < 1.29 is 23.5 Å². The number of alkyl carbamates (subject to hydrolysis) is 1. The highest BCUT2D eigenvalue weighted by Gasteiger charge is 2.57. The molecule has 2 aliphatic heterocycles. The van der Waals surface area contributed by atoms with Crippen molar-refractivity contribution in [2.75, 3.05) is 36.0 Å². The summed E-state index contributed by atoms with van der Waals surface area (Å²) in [5.74, 6) is 0.199. The first kappa shape index (κ1) is 19.8. The van der Waals surface area contributed by atoms with E-state index in [0.29, 0.717) is 42.8 Å². The molecule has 2 amide bonds. The second kappa shape index (κ2) is 7.05. The first-order valence-corrected chi connectivity index (χ1v) is 9.88. The van der Waals surface area contributed by atoms with Gasteiger partial charge >= 0.3 is 12.2 Å². The highest BCUT2D eigenvalue weighted by Crippen LogP contribution is 2.47. The highest BCUT2D eigenvalue weighted by molar-refractivity contribution is 5.90. The summed E-state index contributed by atoms with van der Waals surface area (Å²) in [6.45, 7) is 7.37. The molecule has 1 aliphatic carbocycles. The number of benzene rings is 1. The van der Waals surface area contributed by atoms with Crippen LogP contribution in [0.25, 0.3) is 0 Å². The normalized spacial score (nSPS) is 28.2. The molecule has 9 heteroatoms. The summed E-state index contributed by atoms with van der Waals surface area (Å²) < 4.78 is 25.2. The van der Waals surface area contributed by atoms with Crippen molar-refractivity contribution in [3.63, 3.8) is 0 Å². The van der Waals surface area contributed by atoms with Gasteiger partial charge in [0.05, 0.1) is 17.9 Å². The molecule has 0 bridgehead atoms. The molecule has 2 heterocycles. The minimum absolute atomic E-state index is 0.0796. The monoisotopic (exact) mass is 406 g/mol. The van der Waals surface area contributed by atoms with Crippen LogP contribution in [0.15, 0.2) is 18.2 Å². The van der Waals surface area contributed by atoms with Gasteiger partial charge in [0.1, 0.15) is 17.5 Å². The minimum atomic E-state index is -0.531. The van der Waals surface area contributed by atoms with Gasteiger partial charge in [-0.15, -0.1) is 0 Å². The fourth-order valence-corrected chi connectivity index (χ4v) is 4.16. The summed E-state index contributed by atoms with van der Waals surface area (Å²) in [4.78, 5) is 27.2. The number of nitrogens with one attached hydrogen (secondary N) is 1. The average molecular weight is 406 g/mol. The maximum Gasteiger partial charge on any atom is 0.414 e. The topological polar surface area (TPSA) is 97.1 Å². The summed E-state index contributed by atoms with van der Waals surface area (Å²) in [6.07, 6.45) is -1.29. The van der Waals surface area contributed by atoms with Crippen LogP contribution in [-0.2, 0) is 9.47 Å². The molecule has 3 N–H and O–H groups in total. The van der Waals surface area contributed by atoms with E-state index in [0.717, 1.165) is 0 Å². The Morgan fingerprint density at radius 2 is 2.00 bits per heavy atom. The number of nitrogens with two attached hydrogens (primary N) is 1. The number of hydrogen-bond acceptors (Lipinski definition) is 6. The first-order chi connectivity index (χ1) is 13.7. The van der Waals surface area contributed by atoms with E-state index in [9.17, 15) is 14.0 Å². The number of fused-ring (bicyclic) bond motifs is 1. The Balaban J connectivity index is 1.35. The van der Waals surface area contributed by atoms with Gasteiger partial charge < -0.3 is 25.4 Å². The molecule has 0 spiro atoms. The number of anilines is 2. The van der Waals surface area contributed by atoms with Crippen LogP contribution in [0.1, 0.15) is 20.8 Å². The van der Waals surface area contributed by atoms with Crippen molar-refractivity contribution in [3.05, 3.63) is 24.0 Å². The summed E-state index contributed by atoms with van der Waals surface area (Å²) in [7, 11) is 0. The Morgan fingerprint density at radius 1 is 1.31 bits per heavy atom. The molecule has 1 saturated carbocycles. The first-order valence-electron chi connectivity index (χ1n) is 9.88. The third-order valence-corrected chi connectivity index (χ3v) is 5.60. The predicted octanol–water partition coefficient (Wildman–Crippen LogP) is 2.07. The van der Waals surface area contributed by atoms with Crippen molar-refractivity contribution in [2.45, 2.75) is 38.5 Å². The van der Waals surface area contributed by atoms with Crippen LogP contribution in [0.5, 0.6) is 0 Å². The Kier molecular flexibility index (Phi) is 4.80. The number of amides is 2. The molecule has 2 saturated heterocycles. The van der Waals surface area contributed by atoms with Gasteiger partial charge in [0.25, 0.3) is 0 Å². The van der Waals surface area contributed by atoms with E-state index in [1.54, 1.807) is 12.1 Å². The van der Waals surface area contributed by atoms with E-state index in [1.165, 1.54) is 11.0 Å². The van der Waals surface area contributed by atoms with Gasteiger partial charge in [-0.1, -0.05) is 0 Å². The fourth-order valence-electron chi connectivity index (χ4n) is 4.16. The third kappa shape index (κ3) is 3.96. The number of carbonyl (C=O) groups excluding carboxylic acids is 2. The Labute approximate surface area is 169 Å². The van der Waals surface area contributed by atoms with Crippen molar-refractivity contribution in [2.24, 2.45) is 17.6 Å². The molecule has 3 fully saturated rings. The molecule has 0 radical (unpaired) electrons. The van der Waals surface area contributed by atoms with Gasteiger partial charge in [-0.3, -0.25) is 4.90 Å². The fraction of sp³-hybridized carbons (Fsp3) is 0.600. The molecule has 3 atom stereocenters. The van der Waals surface area contributed by atoms with Crippen LogP contribution < -0.4 is 20.9 Å². The lowest BCUT2D eigenvalue weighted by molar-refractivity contribution is 0.0518. The Morgan fingerprint density at radius 3 is 2.55 bits per heavy atom. The quantitative estimate of drug-likeness (QED) is 0.795. The zero-order chi connectivity index (χ0) is 20.9. The van der Waals surface area contributed by atoms with Gasteiger partial charge in [0.2, 0.25) is 0 Å². The summed E-state index contributed by atoms with van der Waals surface area (Å²) in [5, 5.41) is 2.91. The maximum absolute atomic E-state index is 14.8. The van der Waals surface area contributed by atoms with Gasteiger partial charge in [0, 0.05) is 37.5 Å². The van der Waals surface area contributed by atoms with E-state index in [-0.39, 0.29) is 24.5 Å². The van der Waals surface area contributed by atoms with Crippen molar-refractivity contribution in [1.29, 1.82) is 0 Å². The molecular formula is C20H27FN4O4. The van der Waals surface area contributed by atoms with Gasteiger partial charge in [-0.2, -0.15) is 0 Å². The lowest BCUT2D eigenvalue weighted by atomic mass is 10.2. The molecule has 0 aromatic heterocycles. The Bertz CT molecular complexity index is 815. The minimum Gasteiger partial charge on any atom is -0.444 e. The predicted molar refractivity (Wildman–Crippen MR) is 105 cm³/mol. The summed E-state index contributed by atoms with van der Waals surface area (Å²) in [6, 6.07) is 4.85. The molecule has 8 nitrogen and oxygen atoms in total. The number of cyclic esters (lactones) is 1. The molecule has 1 aromatic rings. The highest BCUT2D eigenvalue weighted by atomic mass is 19.1. The zero-order valence-electron chi connectivity index (χ0n) is 16.9. The average Bonchev–Trinajstić information content (AvgIpc) is 2.98. The lowest BCUT2D eigenvalue weighted by Gasteiger charge is -2.25.